The van der Waals surface area contributed by atoms with E-state index >= 15 is 0 Å². The largest absolute Gasteiger partial charge is 0.370 e. The van der Waals surface area contributed by atoms with E-state index in [0.29, 0.717) is 6.04 Å². The first-order valence-electron chi connectivity index (χ1n) is 7.88. The summed E-state index contributed by atoms with van der Waals surface area (Å²) in [6, 6.07) is 10.0. The van der Waals surface area contributed by atoms with Crippen molar-refractivity contribution in [3.63, 3.8) is 0 Å². The van der Waals surface area contributed by atoms with Crippen LogP contribution in [0.1, 0.15) is 50.0 Å². The summed E-state index contributed by atoms with van der Waals surface area (Å²) in [4.78, 5) is 2.44. The molecule has 1 saturated carbocycles. The molecular formula is C17H26N2. The van der Waals surface area contributed by atoms with Crippen molar-refractivity contribution < 1.29 is 0 Å². The number of nitrogens with one attached hydrogen (secondary N) is 1. The molecule has 1 unspecified atom stereocenters. The quantitative estimate of drug-likeness (QED) is 0.892. The fraction of sp³-hybridized carbons (Fsp3) is 0.647. The monoisotopic (exact) mass is 258 g/mol. The Bertz CT molecular complexity index is 386. The second-order valence-electron chi connectivity index (χ2n) is 6.18. The summed E-state index contributed by atoms with van der Waals surface area (Å²) in [6.07, 6.45) is 8.32. The van der Waals surface area contributed by atoms with Gasteiger partial charge in [0, 0.05) is 25.3 Å². The summed E-state index contributed by atoms with van der Waals surface area (Å²) >= 11 is 0. The molecule has 19 heavy (non-hydrogen) atoms. The summed E-state index contributed by atoms with van der Waals surface area (Å²) in [5.41, 5.74) is 2.93. The Morgan fingerprint density at radius 1 is 1.00 bits per heavy atom. The molecule has 2 aliphatic rings. The molecule has 104 valence electrons. The topological polar surface area (TPSA) is 15.3 Å². The molecule has 0 bridgehead atoms. The predicted molar refractivity (Wildman–Crippen MR) is 81.9 cm³/mol. The van der Waals surface area contributed by atoms with Gasteiger partial charge in [0.15, 0.2) is 0 Å². The lowest BCUT2D eigenvalue weighted by Gasteiger charge is -2.27. The fourth-order valence-corrected chi connectivity index (χ4v) is 3.60. The minimum atomic E-state index is 0.667. The summed E-state index contributed by atoms with van der Waals surface area (Å²) < 4.78 is 0. The van der Waals surface area contributed by atoms with E-state index in [9.17, 15) is 0 Å². The molecule has 1 aromatic carbocycles. The highest BCUT2D eigenvalue weighted by Gasteiger charge is 2.20. The van der Waals surface area contributed by atoms with Crippen LogP contribution in [0.4, 0.5) is 5.69 Å². The average molecular weight is 258 g/mol. The van der Waals surface area contributed by atoms with E-state index in [-0.39, 0.29) is 0 Å². The molecule has 0 amide bonds. The summed E-state index contributed by atoms with van der Waals surface area (Å²) in [5, 5.41) is 3.44. The highest BCUT2D eigenvalue weighted by Crippen LogP contribution is 2.33. The summed E-state index contributed by atoms with van der Waals surface area (Å²) in [7, 11) is 2.23. The van der Waals surface area contributed by atoms with Crippen LogP contribution < -0.4 is 10.2 Å². The standard InChI is InChI=1S/C17H26N2/c1-19(17-11-12-18-13-17)16-9-7-15(8-10-16)14-5-3-2-4-6-14/h7-10,14,17-18H,2-6,11-13H2,1H3. The highest BCUT2D eigenvalue weighted by atomic mass is 15.2. The molecule has 1 aromatic rings. The maximum atomic E-state index is 3.44. The van der Waals surface area contributed by atoms with E-state index in [1.807, 2.05) is 0 Å². The fourth-order valence-electron chi connectivity index (χ4n) is 3.60. The number of rotatable bonds is 3. The second-order valence-corrected chi connectivity index (χ2v) is 6.18. The van der Waals surface area contributed by atoms with Crippen molar-refractivity contribution in [3.8, 4) is 0 Å². The minimum Gasteiger partial charge on any atom is -0.370 e. The smallest absolute Gasteiger partial charge is 0.0423 e. The number of benzene rings is 1. The van der Waals surface area contributed by atoms with Crippen LogP contribution in [0.15, 0.2) is 24.3 Å². The van der Waals surface area contributed by atoms with Crippen LogP contribution in [0.5, 0.6) is 0 Å². The molecule has 0 radical (unpaired) electrons. The lowest BCUT2D eigenvalue weighted by Crippen LogP contribution is -2.33. The molecule has 3 rings (SSSR count). The van der Waals surface area contributed by atoms with E-state index in [2.05, 4.69) is 41.5 Å². The van der Waals surface area contributed by atoms with Gasteiger partial charge >= 0.3 is 0 Å². The van der Waals surface area contributed by atoms with Gasteiger partial charge in [-0.1, -0.05) is 31.4 Å². The Morgan fingerprint density at radius 3 is 2.37 bits per heavy atom. The van der Waals surface area contributed by atoms with Crippen molar-refractivity contribution in [1.29, 1.82) is 0 Å². The van der Waals surface area contributed by atoms with Gasteiger partial charge in [0.2, 0.25) is 0 Å². The zero-order chi connectivity index (χ0) is 13.1. The van der Waals surface area contributed by atoms with Crippen molar-refractivity contribution in [1.82, 2.24) is 5.32 Å². The molecule has 0 spiro atoms. The lowest BCUT2D eigenvalue weighted by molar-refractivity contribution is 0.443. The van der Waals surface area contributed by atoms with Gasteiger partial charge < -0.3 is 10.2 Å². The number of likely N-dealkylation sites (N-methyl/N-ethyl adjacent to an activating group) is 1. The normalized spacial score (nSPS) is 24.6. The van der Waals surface area contributed by atoms with E-state index in [1.165, 1.54) is 44.2 Å². The van der Waals surface area contributed by atoms with Gasteiger partial charge in [-0.25, -0.2) is 0 Å². The van der Waals surface area contributed by atoms with Gasteiger partial charge in [0.1, 0.15) is 0 Å². The maximum absolute atomic E-state index is 3.44. The Morgan fingerprint density at radius 2 is 1.74 bits per heavy atom. The van der Waals surface area contributed by atoms with E-state index in [1.54, 1.807) is 5.56 Å². The number of anilines is 1. The second kappa shape index (κ2) is 5.96. The van der Waals surface area contributed by atoms with E-state index in [4.69, 9.17) is 0 Å². The average Bonchev–Trinajstić information content (AvgIpc) is 3.02. The molecule has 1 aliphatic heterocycles. The predicted octanol–water partition coefficient (Wildman–Crippen LogP) is 3.53. The number of hydrogen-bond acceptors (Lipinski definition) is 2. The Balaban J connectivity index is 1.67. The van der Waals surface area contributed by atoms with Crippen molar-refractivity contribution in [2.75, 3.05) is 25.0 Å². The van der Waals surface area contributed by atoms with Crippen molar-refractivity contribution >= 4 is 5.69 Å². The third kappa shape index (κ3) is 2.94. The van der Waals surface area contributed by atoms with Gasteiger partial charge in [-0.15, -0.1) is 0 Å². The molecule has 1 aliphatic carbocycles. The van der Waals surface area contributed by atoms with Crippen LogP contribution in [0.25, 0.3) is 0 Å². The lowest BCUT2D eigenvalue weighted by atomic mass is 9.84. The third-order valence-electron chi connectivity index (χ3n) is 4.96. The molecule has 1 atom stereocenters. The highest BCUT2D eigenvalue weighted by molar-refractivity contribution is 5.48. The molecule has 1 saturated heterocycles. The first-order chi connectivity index (χ1) is 9.34. The van der Waals surface area contributed by atoms with Gasteiger partial charge in [-0.2, -0.15) is 0 Å². The minimum absolute atomic E-state index is 0.667. The molecule has 0 aromatic heterocycles. The van der Waals surface area contributed by atoms with Crippen LogP contribution in [0, 0.1) is 0 Å². The first-order valence-corrected chi connectivity index (χ1v) is 7.88. The molecule has 2 nitrogen and oxygen atoms in total. The van der Waals surface area contributed by atoms with Gasteiger partial charge in [0.05, 0.1) is 0 Å². The third-order valence-corrected chi connectivity index (χ3v) is 4.96. The molecule has 2 fully saturated rings. The van der Waals surface area contributed by atoms with E-state index in [0.717, 1.165) is 19.0 Å². The zero-order valence-corrected chi connectivity index (χ0v) is 12.1. The van der Waals surface area contributed by atoms with Crippen molar-refractivity contribution in [2.24, 2.45) is 0 Å². The van der Waals surface area contributed by atoms with Gasteiger partial charge in [-0.3, -0.25) is 0 Å². The summed E-state index contributed by atoms with van der Waals surface area (Å²) in [6.45, 7) is 2.29. The van der Waals surface area contributed by atoms with Crippen LogP contribution >= 0.6 is 0 Å². The summed E-state index contributed by atoms with van der Waals surface area (Å²) in [5.74, 6) is 0.821. The van der Waals surface area contributed by atoms with Crippen molar-refractivity contribution in [3.05, 3.63) is 29.8 Å². The van der Waals surface area contributed by atoms with Crippen LogP contribution in [-0.4, -0.2) is 26.2 Å². The Hall–Kier alpha value is -1.02. The molecule has 2 heteroatoms. The molecule has 1 N–H and O–H groups in total. The SMILES string of the molecule is CN(c1ccc(C2CCCCC2)cc1)C1CCNC1. The molecule has 1 heterocycles. The number of nitrogens with zero attached hydrogens (tertiary/aromatic N) is 1. The zero-order valence-electron chi connectivity index (χ0n) is 12.1. The Kier molecular flexibility index (Phi) is 4.07. The van der Waals surface area contributed by atoms with E-state index < -0.39 is 0 Å². The first kappa shape index (κ1) is 13.0. The van der Waals surface area contributed by atoms with Gasteiger partial charge in [0.25, 0.3) is 0 Å². The number of hydrogen-bond donors (Lipinski definition) is 1. The van der Waals surface area contributed by atoms with Crippen LogP contribution in [0.3, 0.4) is 0 Å². The maximum Gasteiger partial charge on any atom is 0.0423 e. The van der Waals surface area contributed by atoms with Crippen LogP contribution in [0.2, 0.25) is 0 Å². The van der Waals surface area contributed by atoms with Crippen molar-refractivity contribution in [2.45, 2.75) is 50.5 Å². The van der Waals surface area contributed by atoms with Crippen LogP contribution in [-0.2, 0) is 0 Å². The van der Waals surface area contributed by atoms with Gasteiger partial charge in [-0.05, 0) is 49.4 Å². The Labute approximate surface area is 117 Å². The molecular weight excluding hydrogens is 232 g/mol.